The molecule has 1 heterocycles. The molecule has 3 heteroatoms. The van der Waals surface area contributed by atoms with Gasteiger partial charge in [0, 0.05) is 5.69 Å². The van der Waals surface area contributed by atoms with Gasteiger partial charge >= 0.3 is 0 Å². The van der Waals surface area contributed by atoms with Gasteiger partial charge in [-0.05, 0) is 49.9 Å². The normalized spacial score (nSPS) is 16.3. The minimum Gasteiger partial charge on any atom is -0.494 e. The molecule has 1 aliphatic heterocycles. The summed E-state index contributed by atoms with van der Waals surface area (Å²) >= 11 is 0. The Morgan fingerprint density at radius 3 is 2.73 bits per heavy atom. The van der Waals surface area contributed by atoms with Crippen LogP contribution in [0.25, 0.3) is 0 Å². The van der Waals surface area contributed by atoms with Crippen LogP contribution >= 0.6 is 0 Å². The van der Waals surface area contributed by atoms with Gasteiger partial charge in [0.25, 0.3) is 0 Å². The van der Waals surface area contributed by atoms with Crippen molar-refractivity contribution in [1.29, 1.82) is 0 Å². The summed E-state index contributed by atoms with van der Waals surface area (Å²) in [6.45, 7) is 6.72. The molecule has 0 saturated carbocycles. The van der Waals surface area contributed by atoms with Gasteiger partial charge in [-0.15, -0.1) is 0 Å². The second-order valence-electron chi connectivity index (χ2n) is 5.83. The van der Waals surface area contributed by atoms with Crippen LogP contribution in [-0.2, 0) is 11.2 Å². The number of ether oxygens (including phenoxy) is 1. The summed E-state index contributed by atoms with van der Waals surface area (Å²) in [6, 6.07) is 12.2. The third-order valence-corrected chi connectivity index (χ3v) is 4.15. The molecule has 0 fully saturated rings. The number of rotatable bonds is 4. The molecule has 1 N–H and O–H groups in total. The molecule has 0 spiro atoms. The Labute approximate surface area is 131 Å². The van der Waals surface area contributed by atoms with E-state index in [0.29, 0.717) is 13.0 Å². The zero-order valence-electron chi connectivity index (χ0n) is 13.3. The van der Waals surface area contributed by atoms with Crippen LogP contribution in [0, 0.1) is 13.8 Å². The second-order valence-corrected chi connectivity index (χ2v) is 5.83. The van der Waals surface area contributed by atoms with E-state index >= 15 is 0 Å². The summed E-state index contributed by atoms with van der Waals surface area (Å²) in [7, 11) is 0. The van der Waals surface area contributed by atoms with Crippen molar-refractivity contribution in [3.63, 3.8) is 0 Å². The molecule has 22 heavy (non-hydrogen) atoms. The molecule has 0 radical (unpaired) electrons. The van der Waals surface area contributed by atoms with Crippen LogP contribution in [0.4, 0.5) is 5.69 Å². The monoisotopic (exact) mass is 295 g/mol. The molecular formula is C19H21NO2. The van der Waals surface area contributed by atoms with Crippen molar-refractivity contribution in [3.05, 3.63) is 58.7 Å². The van der Waals surface area contributed by atoms with Crippen molar-refractivity contribution < 1.29 is 9.53 Å². The smallest absolute Gasteiger partial charge is 0.232 e. The topological polar surface area (TPSA) is 38.3 Å². The molecule has 0 aliphatic carbocycles. The lowest BCUT2D eigenvalue weighted by Gasteiger charge is -2.14. The first kappa shape index (κ1) is 14.6. The number of nitrogens with one attached hydrogen (secondary N) is 1. The predicted octanol–water partition coefficient (Wildman–Crippen LogP) is 3.98. The molecule has 1 amide bonds. The molecule has 3 nitrogen and oxygen atoms in total. The standard InChI is InChI=1S/C19H21NO2/c1-4-22-17-8-6-5-7-14(17)11-16-15-10-12(2)9-13(3)18(15)20-19(16)21/h5-10,16H,4,11H2,1-3H3,(H,20,21)/t16-/m1/s1. The van der Waals surface area contributed by atoms with Gasteiger partial charge in [-0.1, -0.05) is 35.9 Å². The zero-order valence-corrected chi connectivity index (χ0v) is 13.3. The van der Waals surface area contributed by atoms with Crippen LogP contribution in [0.1, 0.15) is 35.1 Å². The number of para-hydroxylation sites is 1. The highest BCUT2D eigenvalue weighted by Gasteiger charge is 2.32. The quantitative estimate of drug-likeness (QED) is 0.926. The van der Waals surface area contributed by atoms with Gasteiger partial charge in [0.2, 0.25) is 5.91 Å². The molecular weight excluding hydrogens is 274 g/mol. The van der Waals surface area contributed by atoms with Gasteiger partial charge in [-0.3, -0.25) is 4.79 Å². The lowest BCUT2D eigenvalue weighted by Crippen LogP contribution is -2.15. The summed E-state index contributed by atoms with van der Waals surface area (Å²) in [5, 5.41) is 3.03. The minimum absolute atomic E-state index is 0.0787. The first-order chi connectivity index (χ1) is 10.6. The highest BCUT2D eigenvalue weighted by Crippen LogP contribution is 2.38. The molecule has 1 aliphatic rings. The Morgan fingerprint density at radius 2 is 1.95 bits per heavy atom. The number of amides is 1. The largest absolute Gasteiger partial charge is 0.494 e. The summed E-state index contributed by atoms with van der Waals surface area (Å²) in [4.78, 5) is 12.4. The van der Waals surface area contributed by atoms with Gasteiger partial charge in [-0.2, -0.15) is 0 Å². The van der Waals surface area contributed by atoms with Gasteiger partial charge in [-0.25, -0.2) is 0 Å². The SMILES string of the molecule is CCOc1ccccc1C[C@H]1C(=O)Nc2c(C)cc(C)cc21. The third kappa shape index (κ3) is 2.59. The number of aryl methyl sites for hydroxylation is 2. The van der Waals surface area contributed by atoms with E-state index in [0.717, 1.165) is 28.1 Å². The van der Waals surface area contributed by atoms with Crippen molar-refractivity contribution in [2.45, 2.75) is 33.1 Å². The Bertz CT molecular complexity index is 721. The molecule has 3 rings (SSSR count). The Balaban J connectivity index is 1.96. The van der Waals surface area contributed by atoms with Crippen LogP contribution in [0.15, 0.2) is 36.4 Å². The van der Waals surface area contributed by atoms with Gasteiger partial charge in [0.05, 0.1) is 12.5 Å². The summed E-state index contributed by atoms with van der Waals surface area (Å²) < 4.78 is 5.69. The fraction of sp³-hybridized carbons (Fsp3) is 0.316. The maximum Gasteiger partial charge on any atom is 0.232 e. The zero-order chi connectivity index (χ0) is 15.7. The van der Waals surface area contributed by atoms with Crippen molar-refractivity contribution in [3.8, 4) is 5.75 Å². The Morgan fingerprint density at radius 1 is 1.18 bits per heavy atom. The van der Waals surface area contributed by atoms with Gasteiger partial charge in [0.1, 0.15) is 5.75 Å². The summed E-state index contributed by atoms with van der Waals surface area (Å²) in [6.07, 6.45) is 0.665. The van der Waals surface area contributed by atoms with Crippen LogP contribution < -0.4 is 10.1 Å². The second kappa shape index (κ2) is 5.84. The van der Waals surface area contributed by atoms with Crippen molar-refractivity contribution in [1.82, 2.24) is 0 Å². The lowest BCUT2D eigenvalue weighted by atomic mass is 9.91. The third-order valence-electron chi connectivity index (χ3n) is 4.15. The molecule has 0 unspecified atom stereocenters. The average molecular weight is 295 g/mol. The highest BCUT2D eigenvalue weighted by molar-refractivity contribution is 6.04. The average Bonchev–Trinajstić information content (AvgIpc) is 2.79. The molecule has 0 aromatic heterocycles. The number of fused-ring (bicyclic) bond motifs is 1. The Kier molecular flexibility index (Phi) is 3.88. The molecule has 2 aromatic rings. The van der Waals surface area contributed by atoms with Crippen molar-refractivity contribution in [2.75, 3.05) is 11.9 Å². The molecule has 1 atom stereocenters. The summed E-state index contributed by atoms with van der Waals surface area (Å²) in [5.41, 5.74) is 5.49. The summed E-state index contributed by atoms with van der Waals surface area (Å²) in [5.74, 6) is 0.806. The fourth-order valence-electron chi connectivity index (χ4n) is 3.19. The van der Waals surface area contributed by atoms with E-state index in [-0.39, 0.29) is 11.8 Å². The van der Waals surface area contributed by atoms with Gasteiger partial charge < -0.3 is 10.1 Å². The van der Waals surface area contributed by atoms with Crippen LogP contribution in [0.2, 0.25) is 0 Å². The number of benzene rings is 2. The van der Waals surface area contributed by atoms with E-state index in [2.05, 4.69) is 24.4 Å². The number of carbonyl (C=O) groups excluding carboxylic acids is 1. The first-order valence-corrected chi connectivity index (χ1v) is 7.73. The molecule has 114 valence electrons. The van der Waals surface area contributed by atoms with E-state index in [4.69, 9.17) is 4.74 Å². The molecule has 0 bridgehead atoms. The number of hydrogen-bond acceptors (Lipinski definition) is 2. The molecule has 0 saturated heterocycles. The van der Waals surface area contributed by atoms with Crippen LogP contribution in [0.5, 0.6) is 5.75 Å². The van der Waals surface area contributed by atoms with Gasteiger partial charge in [0.15, 0.2) is 0 Å². The maximum atomic E-state index is 12.4. The lowest BCUT2D eigenvalue weighted by molar-refractivity contribution is -0.117. The predicted molar refractivity (Wildman–Crippen MR) is 88.6 cm³/mol. The number of anilines is 1. The van der Waals surface area contributed by atoms with E-state index in [9.17, 15) is 4.79 Å². The van der Waals surface area contributed by atoms with E-state index in [1.54, 1.807) is 0 Å². The van der Waals surface area contributed by atoms with Crippen LogP contribution in [0.3, 0.4) is 0 Å². The fourth-order valence-corrected chi connectivity index (χ4v) is 3.19. The first-order valence-electron chi connectivity index (χ1n) is 7.73. The van der Waals surface area contributed by atoms with Crippen molar-refractivity contribution >= 4 is 11.6 Å². The molecule has 2 aromatic carbocycles. The number of hydrogen-bond donors (Lipinski definition) is 1. The maximum absolute atomic E-state index is 12.4. The van der Waals surface area contributed by atoms with E-state index in [1.807, 2.05) is 38.1 Å². The van der Waals surface area contributed by atoms with E-state index < -0.39 is 0 Å². The highest BCUT2D eigenvalue weighted by atomic mass is 16.5. The number of carbonyl (C=O) groups is 1. The minimum atomic E-state index is -0.143. The van der Waals surface area contributed by atoms with E-state index in [1.165, 1.54) is 5.56 Å². The Hall–Kier alpha value is -2.29. The van der Waals surface area contributed by atoms with Crippen molar-refractivity contribution in [2.24, 2.45) is 0 Å². The van der Waals surface area contributed by atoms with Crippen LogP contribution in [-0.4, -0.2) is 12.5 Å².